The van der Waals surface area contributed by atoms with Crippen molar-refractivity contribution in [3.05, 3.63) is 35.4 Å². The maximum absolute atomic E-state index is 9.16. The van der Waals surface area contributed by atoms with Crippen LogP contribution in [-0.4, -0.2) is 48.0 Å². The summed E-state index contributed by atoms with van der Waals surface area (Å²) < 4.78 is 0.669. The van der Waals surface area contributed by atoms with Gasteiger partial charge in [-0.2, -0.15) is 0 Å². The van der Waals surface area contributed by atoms with Gasteiger partial charge in [0.15, 0.2) is 0 Å². The van der Waals surface area contributed by atoms with Gasteiger partial charge in [-0.1, -0.05) is 45.0 Å². The highest BCUT2D eigenvalue weighted by atomic mass is 35.5. The van der Waals surface area contributed by atoms with Gasteiger partial charge in [-0.3, -0.25) is 0 Å². The Morgan fingerprint density at radius 3 is 1.75 bits per heavy atom. The molecule has 0 heterocycles. The molecule has 0 atom stereocenters. The van der Waals surface area contributed by atoms with E-state index in [1.54, 1.807) is 0 Å². The van der Waals surface area contributed by atoms with Gasteiger partial charge in [0.1, 0.15) is 19.6 Å². The second-order valence-corrected chi connectivity index (χ2v) is 6.62. The molecule has 1 rings (SSSR count). The Balaban J connectivity index is 0.00000361. The molecule has 0 radical (unpaired) electrons. The maximum atomic E-state index is 9.16. The van der Waals surface area contributed by atoms with E-state index in [-0.39, 0.29) is 31.0 Å². The fourth-order valence-electron chi connectivity index (χ4n) is 2.30. The van der Waals surface area contributed by atoms with Crippen molar-refractivity contribution in [2.45, 2.75) is 32.7 Å². The van der Waals surface area contributed by atoms with Crippen LogP contribution in [0.4, 0.5) is 0 Å². The number of aliphatic hydroxyl groups excluding tert-OH is 2. The molecule has 0 fully saturated rings. The highest BCUT2D eigenvalue weighted by Gasteiger charge is 2.21. The quantitative estimate of drug-likeness (QED) is 0.656. The second kappa shape index (κ2) is 7.99. The summed E-state index contributed by atoms with van der Waals surface area (Å²) in [6.45, 7) is 9.10. The Kier molecular flexibility index (Phi) is 7.74. The summed E-state index contributed by atoms with van der Waals surface area (Å²) in [5, 5.41) is 18.3. The average Bonchev–Trinajstić information content (AvgIpc) is 2.28. The first kappa shape index (κ1) is 19.4. The molecule has 0 aliphatic heterocycles. The minimum atomic E-state index is 0. The summed E-state index contributed by atoms with van der Waals surface area (Å²) in [7, 11) is 2.07. The van der Waals surface area contributed by atoms with E-state index in [2.05, 4.69) is 52.1 Å². The highest BCUT2D eigenvalue weighted by Crippen LogP contribution is 2.23. The molecule has 0 aliphatic rings. The molecule has 0 aliphatic carbocycles. The fourth-order valence-corrected chi connectivity index (χ4v) is 2.30. The summed E-state index contributed by atoms with van der Waals surface area (Å²) in [5.41, 5.74) is 2.75. The molecule has 1 aromatic carbocycles. The molecule has 0 bridgehead atoms. The zero-order valence-electron chi connectivity index (χ0n) is 13.1. The average molecular weight is 302 g/mol. The molecule has 1 aromatic rings. The fraction of sp³-hybridized carbons (Fsp3) is 0.625. The molecule has 4 heteroatoms. The van der Waals surface area contributed by atoms with Crippen LogP contribution in [-0.2, 0) is 12.0 Å². The molecule has 0 amide bonds. The van der Waals surface area contributed by atoms with Gasteiger partial charge in [0.05, 0.1) is 20.3 Å². The van der Waals surface area contributed by atoms with Crippen LogP contribution in [0.3, 0.4) is 0 Å². The summed E-state index contributed by atoms with van der Waals surface area (Å²) in [4.78, 5) is 0. The molecule has 0 spiro atoms. The summed E-state index contributed by atoms with van der Waals surface area (Å²) >= 11 is 0. The number of rotatable bonds is 6. The molecular weight excluding hydrogens is 274 g/mol. The highest BCUT2D eigenvalue weighted by molar-refractivity contribution is 5.27. The minimum Gasteiger partial charge on any atom is -1.00 e. The largest absolute Gasteiger partial charge is 1.00 e. The summed E-state index contributed by atoms with van der Waals surface area (Å²) in [6, 6.07) is 8.67. The lowest BCUT2D eigenvalue weighted by Crippen LogP contribution is -3.00. The number of nitrogens with zero attached hydrogens (tertiary/aromatic N) is 1. The Morgan fingerprint density at radius 2 is 1.40 bits per heavy atom. The first-order valence-electron chi connectivity index (χ1n) is 6.95. The normalized spacial score (nSPS) is 12.1. The van der Waals surface area contributed by atoms with Crippen LogP contribution < -0.4 is 12.4 Å². The van der Waals surface area contributed by atoms with Crippen molar-refractivity contribution in [3.8, 4) is 0 Å². The van der Waals surface area contributed by atoms with Crippen LogP contribution in [0.5, 0.6) is 0 Å². The first-order chi connectivity index (χ1) is 8.80. The molecule has 2 N–H and O–H groups in total. The molecule has 116 valence electrons. The van der Waals surface area contributed by atoms with E-state index in [0.29, 0.717) is 17.6 Å². The number of benzene rings is 1. The van der Waals surface area contributed by atoms with Crippen LogP contribution in [0, 0.1) is 0 Å². The van der Waals surface area contributed by atoms with Crippen molar-refractivity contribution in [1.82, 2.24) is 0 Å². The molecule has 20 heavy (non-hydrogen) atoms. The van der Waals surface area contributed by atoms with Gasteiger partial charge in [-0.15, -0.1) is 0 Å². The summed E-state index contributed by atoms with van der Waals surface area (Å²) in [5.74, 6) is 0. The molecule has 0 saturated heterocycles. The second-order valence-electron chi connectivity index (χ2n) is 6.62. The van der Waals surface area contributed by atoms with E-state index in [9.17, 15) is 0 Å². The number of aliphatic hydroxyl groups is 2. The molecule has 0 aromatic heterocycles. The van der Waals surface area contributed by atoms with Crippen LogP contribution in [0.1, 0.15) is 31.9 Å². The van der Waals surface area contributed by atoms with Gasteiger partial charge >= 0.3 is 0 Å². The molecule has 0 saturated carbocycles. The Labute approximate surface area is 129 Å². The van der Waals surface area contributed by atoms with Crippen molar-refractivity contribution in [2.24, 2.45) is 0 Å². The minimum absolute atomic E-state index is 0. The first-order valence-corrected chi connectivity index (χ1v) is 6.95. The van der Waals surface area contributed by atoms with Gasteiger partial charge < -0.3 is 27.1 Å². The molecule has 0 unspecified atom stereocenters. The lowest BCUT2D eigenvalue weighted by molar-refractivity contribution is -0.923. The van der Waals surface area contributed by atoms with E-state index in [0.717, 1.165) is 6.54 Å². The van der Waals surface area contributed by atoms with Crippen molar-refractivity contribution in [2.75, 3.05) is 33.4 Å². The predicted molar refractivity (Wildman–Crippen MR) is 78.9 cm³/mol. The maximum Gasteiger partial charge on any atom is 0.104 e. The smallest absolute Gasteiger partial charge is 0.104 e. The van der Waals surface area contributed by atoms with E-state index < -0.39 is 0 Å². The molecular formula is C16H28ClNO2. The zero-order valence-corrected chi connectivity index (χ0v) is 13.8. The Morgan fingerprint density at radius 1 is 0.950 bits per heavy atom. The van der Waals surface area contributed by atoms with E-state index >= 15 is 0 Å². The van der Waals surface area contributed by atoms with Gasteiger partial charge in [0.25, 0.3) is 0 Å². The standard InChI is InChI=1S/C16H28NO2.ClH/c1-16(2,3)15-7-5-14(6-8-15)13-17(4,9-11-18)10-12-19;/h5-8,18-19H,9-13H2,1-4H3;1H/q+1;/p-1. The van der Waals surface area contributed by atoms with Crippen LogP contribution in [0.15, 0.2) is 24.3 Å². The monoisotopic (exact) mass is 301 g/mol. The van der Waals surface area contributed by atoms with E-state index in [4.69, 9.17) is 10.2 Å². The SMILES string of the molecule is CC(C)(C)c1ccc(C[N+](C)(CCO)CCO)cc1.[Cl-]. The lowest BCUT2D eigenvalue weighted by Gasteiger charge is -2.33. The number of hydrogen-bond acceptors (Lipinski definition) is 2. The number of likely N-dealkylation sites (N-methyl/N-ethyl adjacent to an activating group) is 1. The van der Waals surface area contributed by atoms with Crippen molar-refractivity contribution >= 4 is 0 Å². The third kappa shape index (κ3) is 5.80. The van der Waals surface area contributed by atoms with Crippen molar-refractivity contribution in [1.29, 1.82) is 0 Å². The summed E-state index contributed by atoms with van der Waals surface area (Å²) in [6.07, 6.45) is 0. The Hall–Kier alpha value is -0.610. The Bertz CT molecular complexity index is 378. The van der Waals surface area contributed by atoms with Crippen LogP contribution >= 0.6 is 0 Å². The van der Waals surface area contributed by atoms with Gasteiger partial charge in [-0.05, 0) is 11.0 Å². The topological polar surface area (TPSA) is 40.5 Å². The van der Waals surface area contributed by atoms with Gasteiger partial charge in [-0.25, -0.2) is 0 Å². The van der Waals surface area contributed by atoms with Crippen molar-refractivity contribution < 1.29 is 27.1 Å². The zero-order chi connectivity index (χ0) is 14.5. The van der Waals surface area contributed by atoms with Crippen LogP contribution in [0.25, 0.3) is 0 Å². The molecule has 3 nitrogen and oxygen atoms in total. The lowest BCUT2D eigenvalue weighted by atomic mass is 9.86. The van der Waals surface area contributed by atoms with Crippen LogP contribution in [0.2, 0.25) is 0 Å². The number of halogens is 1. The van der Waals surface area contributed by atoms with E-state index in [1.807, 2.05) is 0 Å². The third-order valence-electron chi connectivity index (χ3n) is 3.66. The number of quaternary nitrogens is 1. The van der Waals surface area contributed by atoms with Crippen molar-refractivity contribution in [3.63, 3.8) is 0 Å². The third-order valence-corrected chi connectivity index (χ3v) is 3.66. The van der Waals surface area contributed by atoms with E-state index in [1.165, 1.54) is 11.1 Å². The number of hydrogen-bond donors (Lipinski definition) is 2. The van der Waals surface area contributed by atoms with Gasteiger partial charge in [0.2, 0.25) is 0 Å². The predicted octanol–water partition coefficient (Wildman–Crippen LogP) is -1.08. The van der Waals surface area contributed by atoms with Gasteiger partial charge in [0, 0.05) is 5.56 Å².